The lowest BCUT2D eigenvalue weighted by atomic mass is 10.3. The van der Waals surface area contributed by atoms with Crippen molar-refractivity contribution in [3.05, 3.63) is 35.2 Å². The molecule has 0 spiro atoms. The second-order valence-corrected chi connectivity index (χ2v) is 6.67. The summed E-state index contributed by atoms with van der Waals surface area (Å²) in [7, 11) is 0. The minimum absolute atomic E-state index is 0.708. The van der Waals surface area contributed by atoms with E-state index in [1.54, 1.807) is 28.2 Å². The van der Waals surface area contributed by atoms with Crippen molar-refractivity contribution in [2.75, 3.05) is 0 Å². The molecule has 8 heteroatoms. The van der Waals surface area contributed by atoms with Gasteiger partial charge in [0, 0.05) is 18.0 Å². The van der Waals surface area contributed by atoms with E-state index in [1.807, 2.05) is 26.0 Å². The first-order valence-electron chi connectivity index (χ1n) is 6.29. The molecule has 4 aromatic heterocycles. The van der Waals surface area contributed by atoms with Gasteiger partial charge in [0.1, 0.15) is 0 Å². The van der Waals surface area contributed by atoms with Crippen molar-refractivity contribution < 1.29 is 0 Å². The average Bonchev–Trinajstić information content (AvgIpc) is 3.13. The van der Waals surface area contributed by atoms with Crippen molar-refractivity contribution in [2.45, 2.75) is 13.8 Å². The number of pyridine rings is 1. The Bertz CT molecular complexity index is 921. The number of rotatable bonds is 2. The van der Waals surface area contributed by atoms with Gasteiger partial charge in [0.25, 0.3) is 0 Å². The van der Waals surface area contributed by atoms with Gasteiger partial charge in [-0.1, -0.05) is 11.3 Å². The summed E-state index contributed by atoms with van der Waals surface area (Å²) in [4.78, 5) is 10.4. The minimum Gasteiger partial charge on any atom is -0.264 e. The molecule has 0 aliphatic rings. The molecule has 0 unspecified atom stereocenters. The van der Waals surface area contributed by atoms with Crippen molar-refractivity contribution in [1.29, 1.82) is 0 Å². The van der Waals surface area contributed by atoms with Crippen molar-refractivity contribution in [3.63, 3.8) is 0 Å². The smallest absolute Gasteiger partial charge is 0.235 e. The predicted octanol–water partition coefficient (Wildman–Crippen LogP) is 2.99. The van der Waals surface area contributed by atoms with Crippen molar-refractivity contribution in [1.82, 2.24) is 29.8 Å². The Labute approximate surface area is 128 Å². The topological polar surface area (TPSA) is 68.9 Å². The molecule has 104 valence electrons. The molecule has 0 bridgehead atoms. The van der Waals surface area contributed by atoms with E-state index in [9.17, 15) is 0 Å². The number of aryl methyl sites for hydroxylation is 2. The summed E-state index contributed by atoms with van der Waals surface area (Å²) in [5.41, 5.74) is 1.91. The second kappa shape index (κ2) is 4.68. The molecule has 0 radical (unpaired) electrons. The van der Waals surface area contributed by atoms with Gasteiger partial charge in [-0.05, 0) is 26.0 Å². The van der Waals surface area contributed by atoms with Gasteiger partial charge in [0.05, 0.1) is 15.6 Å². The zero-order valence-electron chi connectivity index (χ0n) is 11.3. The van der Waals surface area contributed by atoms with E-state index in [4.69, 9.17) is 0 Å². The monoisotopic (exact) mass is 314 g/mol. The van der Waals surface area contributed by atoms with Crippen LogP contribution in [0.5, 0.6) is 0 Å². The van der Waals surface area contributed by atoms with Gasteiger partial charge in [0.15, 0.2) is 10.8 Å². The van der Waals surface area contributed by atoms with Gasteiger partial charge >= 0.3 is 0 Å². The molecule has 0 N–H and O–H groups in total. The molecule has 0 amide bonds. The Hall–Kier alpha value is -2.19. The normalized spacial score (nSPS) is 11.3. The summed E-state index contributed by atoms with van der Waals surface area (Å²) < 4.78 is 1.77. The molecule has 0 aliphatic heterocycles. The first-order valence-corrected chi connectivity index (χ1v) is 7.93. The molecule has 0 aromatic carbocycles. The van der Waals surface area contributed by atoms with Gasteiger partial charge in [-0.25, -0.2) is 4.98 Å². The second-order valence-electron chi connectivity index (χ2n) is 4.51. The predicted molar refractivity (Wildman–Crippen MR) is 82.5 cm³/mol. The highest BCUT2D eigenvalue weighted by Crippen LogP contribution is 2.33. The van der Waals surface area contributed by atoms with E-state index in [2.05, 4.69) is 25.3 Å². The third-order valence-corrected chi connectivity index (χ3v) is 5.13. The lowest BCUT2D eigenvalue weighted by Crippen LogP contribution is -1.91. The number of nitrogens with zero attached hydrogens (tertiary/aromatic N) is 6. The Morgan fingerprint density at radius 3 is 2.76 bits per heavy atom. The lowest BCUT2D eigenvalue weighted by molar-refractivity contribution is 0.969. The fourth-order valence-electron chi connectivity index (χ4n) is 2.11. The van der Waals surface area contributed by atoms with Crippen LogP contribution in [0.4, 0.5) is 0 Å². The van der Waals surface area contributed by atoms with Crippen LogP contribution in [-0.2, 0) is 0 Å². The van der Waals surface area contributed by atoms with Crippen LogP contribution in [0.15, 0.2) is 24.5 Å². The summed E-state index contributed by atoms with van der Waals surface area (Å²) in [6.45, 7) is 4.01. The fraction of sp³-hybridized carbons (Fsp3) is 0.154. The van der Waals surface area contributed by atoms with Crippen LogP contribution in [0.2, 0.25) is 0 Å². The SMILES string of the molecule is Cc1nc(C)c(-c2nn3c(-c4cccnc4)nnc3s2)s1. The average molecular weight is 314 g/mol. The van der Waals surface area contributed by atoms with E-state index >= 15 is 0 Å². The largest absolute Gasteiger partial charge is 0.264 e. The molecule has 4 aromatic rings. The van der Waals surface area contributed by atoms with Crippen LogP contribution in [0.3, 0.4) is 0 Å². The maximum absolute atomic E-state index is 4.65. The molecule has 4 rings (SSSR count). The van der Waals surface area contributed by atoms with Gasteiger partial charge in [-0.2, -0.15) is 9.61 Å². The van der Waals surface area contributed by atoms with Crippen molar-refractivity contribution in [2.24, 2.45) is 0 Å². The van der Waals surface area contributed by atoms with E-state index < -0.39 is 0 Å². The molecule has 21 heavy (non-hydrogen) atoms. The molecule has 0 saturated carbocycles. The van der Waals surface area contributed by atoms with E-state index in [0.717, 1.165) is 31.1 Å². The molecular weight excluding hydrogens is 304 g/mol. The standard InChI is InChI=1S/C13H10N6S2/c1-7-10(20-8(2)15-7)12-18-19-11(16-17-13(19)21-12)9-4-3-5-14-6-9/h3-6H,1-2H3. The number of thiazole rings is 1. The molecular formula is C13H10N6S2. The van der Waals surface area contributed by atoms with E-state index in [1.165, 1.54) is 11.3 Å². The highest BCUT2D eigenvalue weighted by Gasteiger charge is 2.17. The van der Waals surface area contributed by atoms with Crippen molar-refractivity contribution in [3.8, 4) is 21.3 Å². The minimum atomic E-state index is 0.708. The van der Waals surface area contributed by atoms with Crippen LogP contribution in [-0.4, -0.2) is 29.8 Å². The van der Waals surface area contributed by atoms with E-state index in [0.29, 0.717) is 5.82 Å². The number of aromatic nitrogens is 6. The Kier molecular flexibility index (Phi) is 2.79. The van der Waals surface area contributed by atoms with Gasteiger partial charge in [-0.15, -0.1) is 21.5 Å². The maximum Gasteiger partial charge on any atom is 0.235 e. The van der Waals surface area contributed by atoms with Crippen LogP contribution in [0, 0.1) is 13.8 Å². The van der Waals surface area contributed by atoms with Gasteiger partial charge < -0.3 is 0 Å². The molecule has 0 atom stereocenters. The summed E-state index contributed by atoms with van der Waals surface area (Å²) in [5.74, 6) is 0.708. The van der Waals surface area contributed by atoms with E-state index in [-0.39, 0.29) is 0 Å². The zero-order valence-corrected chi connectivity index (χ0v) is 12.9. The summed E-state index contributed by atoms with van der Waals surface area (Å²) in [6, 6.07) is 3.82. The van der Waals surface area contributed by atoms with Crippen LogP contribution >= 0.6 is 22.7 Å². The van der Waals surface area contributed by atoms with Crippen LogP contribution < -0.4 is 0 Å². The maximum atomic E-state index is 4.65. The van der Waals surface area contributed by atoms with Gasteiger partial charge in [0.2, 0.25) is 4.96 Å². The molecule has 0 fully saturated rings. The highest BCUT2D eigenvalue weighted by atomic mass is 32.1. The molecule has 6 nitrogen and oxygen atoms in total. The first-order chi connectivity index (χ1) is 10.2. The Balaban J connectivity index is 1.88. The number of hydrogen-bond donors (Lipinski definition) is 0. The van der Waals surface area contributed by atoms with Crippen LogP contribution in [0.25, 0.3) is 26.2 Å². The third-order valence-electron chi connectivity index (χ3n) is 3.01. The van der Waals surface area contributed by atoms with Gasteiger partial charge in [-0.3, -0.25) is 4.98 Å². The summed E-state index contributed by atoms with van der Waals surface area (Å²) in [6.07, 6.45) is 3.50. The lowest BCUT2D eigenvalue weighted by Gasteiger charge is -1.94. The molecule has 0 saturated heterocycles. The fourth-order valence-corrected chi connectivity index (χ4v) is 3.99. The molecule has 0 aliphatic carbocycles. The highest BCUT2D eigenvalue weighted by molar-refractivity contribution is 7.24. The van der Waals surface area contributed by atoms with Crippen LogP contribution in [0.1, 0.15) is 10.7 Å². The Morgan fingerprint density at radius 1 is 1.14 bits per heavy atom. The van der Waals surface area contributed by atoms with Crippen molar-refractivity contribution >= 4 is 27.6 Å². The summed E-state index contributed by atoms with van der Waals surface area (Å²) in [5, 5.41) is 15.0. The summed E-state index contributed by atoms with van der Waals surface area (Å²) >= 11 is 3.17. The molecule has 4 heterocycles. The zero-order chi connectivity index (χ0) is 14.4. The number of hydrogen-bond acceptors (Lipinski definition) is 7. The quantitative estimate of drug-likeness (QED) is 0.569. The Morgan fingerprint density at radius 2 is 2.05 bits per heavy atom. The number of fused-ring (bicyclic) bond motifs is 1. The third kappa shape index (κ3) is 2.03. The first kappa shape index (κ1) is 12.5.